The summed E-state index contributed by atoms with van der Waals surface area (Å²) in [6.45, 7) is -0.405. The number of rotatable bonds is 4. The Morgan fingerprint density at radius 1 is 1.20 bits per heavy atom. The second-order valence-corrected chi connectivity index (χ2v) is 5.05. The lowest BCUT2D eigenvalue weighted by atomic mass is 10.1. The molecule has 0 aliphatic carbocycles. The third-order valence-corrected chi connectivity index (χ3v) is 3.33. The van der Waals surface area contributed by atoms with E-state index < -0.39 is 30.0 Å². The highest BCUT2D eigenvalue weighted by Gasteiger charge is 2.33. The summed E-state index contributed by atoms with van der Waals surface area (Å²) in [4.78, 5) is 11.8. The predicted octanol–water partition coefficient (Wildman–Crippen LogP) is 4.05. The van der Waals surface area contributed by atoms with Gasteiger partial charge in [0.15, 0.2) is 0 Å². The first-order chi connectivity index (χ1) is 11.8. The van der Waals surface area contributed by atoms with Gasteiger partial charge >= 0.3 is 6.18 Å². The summed E-state index contributed by atoms with van der Waals surface area (Å²) in [6.07, 6.45) is -2.21. The summed E-state index contributed by atoms with van der Waals surface area (Å²) < 4.78 is 51.7. The summed E-state index contributed by atoms with van der Waals surface area (Å²) in [7, 11) is 0. The van der Waals surface area contributed by atoms with E-state index in [9.17, 15) is 22.4 Å². The zero-order chi connectivity index (χ0) is 18.4. The molecule has 2 aromatic rings. The number of nitrogens with one attached hydrogen (secondary N) is 1. The first-order valence-corrected chi connectivity index (χ1v) is 7.12. The van der Waals surface area contributed by atoms with Gasteiger partial charge in [0, 0.05) is 12.6 Å². The number of amides is 1. The quantitative estimate of drug-likeness (QED) is 0.670. The van der Waals surface area contributed by atoms with Crippen LogP contribution in [0.2, 0.25) is 0 Å². The average molecular weight is 348 g/mol. The van der Waals surface area contributed by atoms with Gasteiger partial charge in [-0.2, -0.15) is 18.4 Å². The molecule has 2 aromatic carbocycles. The van der Waals surface area contributed by atoms with E-state index in [4.69, 9.17) is 5.26 Å². The minimum atomic E-state index is -4.72. The molecule has 0 aliphatic heterocycles. The highest BCUT2D eigenvalue weighted by atomic mass is 19.4. The van der Waals surface area contributed by atoms with E-state index in [1.165, 1.54) is 6.08 Å². The summed E-state index contributed by atoms with van der Waals surface area (Å²) >= 11 is 0. The lowest BCUT2D eigenvalue weighted by Gasteiger charge is -2.13. The summed E-state index contributed by atoms with van der Waals surface area (Å²) in [5.74, 6) is -1.64. The van der Waals surface area contributed by atoms with Crippen molar-refractivity contribution in [3.63, 3.8) is 0 Å². The van der Waals surface area contributed by atoms with Gasteiger partial charge in [-0.1, -0.05) is 24.3 Å². The van der Waals surface area contributed by atoms with E-state index in [2.05, 4.69) is 5.32 Å². The van der Waals surface area contributed by atoms with E-state index in [0.29, 0.717) is 17.2 Å². The number of hydrogen-bond acceptors (Lipinski definition) is 2. The predicted molar refractivity (Wildman–Crippen MR) is 83.4 cm³/mol. The van der Waals surface area contributed by atoms with Crippen molar-refractivity contribution in [2.75, 3.05) is 0 Å². The zero-order valence-electron chi connectivity index (χ0n) is 12.8. The smallest absolute Gasteiger partial charge is 0.348 e. The van der Waals surface area contributed by atoms with E-state index in [0.717, 1.165) is 18.2 Å². The van der Waals surface area contributed by atoms with Crippen LogP contribution in [0, 0.1) is 17.1 Å². The molecular weight excluding hydrogens is 336 g/mol. The monoisotopic (exact) mass is 348 g/mol. The van der Waals surface area contributed by atoms with Crippen LogP contribution in [0.3, 0.4) is 0 Å². The summed E-state index contributed by atoms with van der Waals surface area (Å²) in [5, 5.41) is 11.3. The van der Waals surface area contributed by atoms with Crippen molar-refractivity contribution in [3.05, 3.63) is 76.6 Å². The van der Waals surface area contributed by atoms with E-state index >= 15 is 0 Å². The van der Waals surface area contributed by atoms with Crippen molar-refractivity contribution in [2.45, 2.75) is 12.7 Å². The van der Waals surface area contributed by atoms with Crippen molar-refractivity contribution in [3.8, 4) is 6.07 Å². The van der Waals surface area contributed by atoms with E-state index in [-0.39, 0.29) is 5.56 Å². The Bertz CT molecular complexity index is 851. The number of nitriles is 1. The minimum absolute atomic E-state index is 0.243. The fraction of sp³-hybridized carbons (Fsp3) is 0.111. The van der Waals surface area contributed by atoms with Gasteiger partial charge < -0.3 is 5.32 Å². The SMILES string of the molecule is N#Cc1ccccc1/C=C/C(=O)NCc1ccc(F)cc1C(F)(F)F. The maximum Gasteiger partial charge on any atom is 0.416 e. The highest BCUT2D eigenvalue weighted by Crippen LogP contribution is 2.32. The van der Waals surface area contributed by atoms with Gasteiger partial charge in [-0.15, -0.1) is 0 Å². The minimum Gasteiger partial charge on any atom is -0.348 e. The van der Waals surface area contributed by atoms with E-state index in [1.807, 2.05) is 6.07 Å². The number of nitrogens with zero attached hydrogens (tertiary/aromatic N) is 1. The van der Waals surface area contributed by atoms with Crippen LogP contribution < -0.4 is 5.32 Å². The van der Waals surface area contributed by atoms with Crippen LogP contribution in [0.15, 0.2) is 48.5 Å². The largest absolute Gasteiger partial charge is 0.416 e. The topological polar surface area (TPSA) is 52.9 Å². The third-order valence-electron chi connectivity index (χ3n) is 3.33. The van der Waals surface area contributed by atoms with Crippen LogP contribution in [-0.2, 0) is 17.5 Å². The normalized spacial score (nSPS) is 11.3. The van der Waals surface area contributed by atoms with Crippen molar-refractivity contribution in [1.29, 1.82) is 5.26 Å². The Morgan fingerprint density at radius 3 is 2.60 bits per heavy atom. The van der Waals surface area contributed by atoms with Gasteiger partial charge in [-0.25, -0.2) is 4.39 Å². The third kappa shape index (κ3) is 4.91. The van der Waals surface area contributed by atoms with Gasteiger partial charge in [0.1, 0.15) is 5.82 Å². The molecule has 0 radical (unpaired) electrons. The van der Waals surface area contributed by atoms with Crippen LogP contribution in [0.5, 0.6) is 0 Å². The van der Waals surface area contributed by atoms with Gasteiger partial charge in [-0.3, -0.25) is 4.79 Å². The standard InChI is InChI=1S/C18H12F4N2O/c19-15-7-5-14(16(9-15)18(20,21)22)11-24-17(25)8-6-12-3-1-2-4-13(12)10-23/h1-9H,11H2,(H,24,25)/b8-6+. The Hall–Kier alpha value is -3.14. The lowest BCUT2D eigenvalue weighted by molar-refractivity contribution is -0.138. The Balaban J connectivity index is 2.08. The molecule has 7 heteroatoms. The van der Waals surface area contributed by atoms with Gasteiger partial charge in [0.25, 0.3) is 0 Å². The van der Waals surface area contributed by atoms with Crippen molar-refractivity contribution in [2.24, 2.45) is 0 Å². The molecule has 0 bridgehead atoms. The second-order valence-electron chi connectivity index (χ2n) is 5.05. The van der Waals surface area contributed by atoms with E-state index in [1.54, 1.807) is 24.3 Å². The molecule has 0 heterocycles. The number of carbonyl (C=O) groups excluding carboxylic acids is 1. The molecule has 1 amide bonds. The molecule has 0 aromatic heterocycles. The first-order valence-electron chi connectivity index (χ1n) is 7.12. The van der Waals surface area contributed by atoms with Gasteiger partial charge in [-0.05, 0) is 35.4 Å². The van der Waals surface area contributed by atoms with Crippen molar-refractivity contribution >= 4 is 12.0 Å². The number of carbonyl (C=O) groups is 1. The number of halogens is 4. The van der Waals surface area contributed by atoms with Crippen LogP contribution in [-0.4, -0.2) is 5.91 Å². The van der Waals surface area contributed by atoms with Crippen molar-refractivity contribution < 1.29 is 22.4 Å². The Kier molecular flexibility index (Phi) is 5.55. The maximum absolute atomic E-state index is 13.0. The number of hydrogen-bond donors (Lipinski definition) is 1. The zero-order valence-corrected chi connectivity index (χ0v) is 12.8. The van der Waals surface area contributed by atoms with Crippen molar-refractivity contribution in [1.82, 2.24) is 5.32 Å². The second kappa shape index (κ2) is 7.62. The molecule has 0 saturated heterocycles. The van der Waals surface area contributed by atoms with Crippen LogP contribution in [0.25, 0.3) is 6.08 Å². The molecule has 0 atom stereocenters. The lowest BCUT2D eigenvalue weighted by Crippen LogP contribution is -2.22. The molecule has 128 valence electrons. The van der Waals surface area contributed by atoms with Crippen LogP contribution in [0.1, 0.15) is 22.3 Å². The molecule has 0 fully saturated rings. The molecule has 0 unspecified atom stereocenters. The highest BCUT2D eigenvalue weighted by molar-refractivity contribution is 5.92. The van der Waals surface area contributed by atoms with Gasteiger partial charge in [0.2, 0.25) is 5.91 Å². The molecular formula is C18H12F4N2O. The maximum atomic E-state index is 13.0. The molecule has 0 spiro atoms. The fourth-order valence-corrected chi connectivity index (χ4v) is 2.12. The molecule has 0 saturated carbocycles. The fourth-order valence-electron chi connectivity index (χ4n) is 2.12. The Labute approximate surface area is 141 Å². The summed E-state index contributed by atoms with van der Waals surface area (Å²) in [6, 6.07) is 10.8. The van der Waals surface area contributed by atoms with Gasteiger partial charge in [0.05, 0.1) is 17.2 Å². The average Bonchev–Trinajstić information content (AvgIpc) is 2.58. The molecule has 0 aliphatic rings. The molecule has 2 rings (SSSR count). The first kappa shape index (κ1) is 18.2. The Morgan fingerprint density at radius 2 is 1.92 bits per heavy atom. The molecule has 1 N–H and O–H groups in total. The summed E-state index contributed by atoms with van der Waals surface area (Å²) in [5.41, 5.74) is -0.498. The van der Waals surface area contributed by atoms with Crippen LogP contribution >= 0.6 is 0 Å². The number of alkyl halides is 3. The molecule has 25 heavy (non-hydrogen) atoms. The molecule has 3 nitrogen and oxygen atoms in total. The van der Waals surface area contributed by atoms with Crippen LogP contribution in [0.4, 0.5) is 17.6 Å². The number of benzene rings is 2.